The Morgan fingerprint density at radius 3 is 2.78 bits per heavy atom. The Labute approximate surface area is 185 Å². The van der Waals surface area contributed by atoms with Gasteiger partial charge >= 0.3 is 0 Å². The van der Waals surface area contributed by atoms with Gasteiger partial charge in [0, 0.05) is 25.4 Å². The van der Waals surface area contributed by atoms with Crippen LogP contribution in [0, 0.1) is 0 Å². The first-order chi connectivity index (χ1) is 15.6. The maximum Gasteiger partial charge on any atom is 0.256 e. The summed E-state index contributed by atoms with van der Waals surface area (Å²) >= 11 is 0. The van der Waals surface area contributed by atoms with Gasteiger partial charge in [-0.2, -0.15) is 9.61 Å². The fourth-order valence-electron chi connectivity index (χ4n) is 3.89. The van der Waals surface area contributed by atoms with Crippen LogP contribution in [0.4, 0.5) is 17.3 Å². The van der Waals surface area contributed by atoms with Crippen LogP contribution in [0.1, 0.15) is 48.9 Å². The quantitative estimate of drug-likeness (QED) is 0.444. The number of nitrogens with one attached hydrogen (secondary N) is 3. The number of carbonyl (C=O) groups is 1. The summed E-state index contributed by atoms with van der Waals surface area (Å²) in [6.07, 6.45) is 8.08. The Balaban J connectivity index is 1.42. The zero-order valence-corrected chi connectivity index (χ0v) is 17.9. The second kappa shape index (κ2) is 8.62. The molecule has 32 heavy (non-hydrogen) atoms. The predicted octanol–water partition coefficient (Wildman–Crippen LogP) is 2.48. The van der Waals surface area contributed by atoms with Crippen molar-refractivity contribution in [3.63, 3.8) is 0 Å². The van der Waals surface area contributed by atoms with Crippen molar-refractivity contribution in [1.82, 2.24) is 24.9 Å². The second-order valence-corrected chi connectivity index (χ2v) is 8.35. The molecule has 3 heterocycles. The molecular weight excluding hydrogens is 410 g/mol. The number of aliphatic hydroxyl groups excluding tert-OH is 1. The average molecular weight is 438 g/mol. The molecule has 0 aliphatic heterocycles. The van der Waals surface area contributed by atoms with Gasteiger partial charge in [0.05, 0.1) is 12.3 Å². The van der Waals surface area contributed by atoms with Crippen molar-refractivity contribution in [3.05, 3.63) is 36.2 Å². The molecule has 2 fully saturated rings. The third-order valence-electron chi connectivity index (χ3n) is 5.84. The lowest BCUT2D eigenvalue weighted by Gasteiger charge is -2.26. The van der Waals surface area contributed by atoms with Crippen molar-refractivity contribution >= 4 is 28.9 Å². The summed E-state index contributed by atoms with van der Waals surface area (Å²) in [6, 6.07) is 5.77. The highest BCUT2D eigenvalue weighted by Crippen LogP contribution is 2.30. The highest BCUT2D eigenvalue weighted by molar-refractivity contribution is 6.00. The molecule has 0 unspecified atom stereocenters. The Bertz CT molecular complexity index is 1120. The first kappa shape index (κ1) is 20.5. The number of rotatable bonds is 7. The van der Waals surface area contributed by atoms with Gasteiger partial charge in [-0.3, -0.25) is 4.79 Å². The van der Waals surface area contributed by atoms with Crippen LogP contribution >= 0.6 is 0 Å². The molecule has 3 aromatic heterocycles. The van der Waals surface area contributed by atoms with Crippen molar-refractivity contribution in [2.45, 2.75) is 56.8 Å². The minimum Gasteiger partial charge on any atom is -0.473 e. The Hall–Kier alpha value is -3.40. The number of nitrogens with zero attached hydrogens (tertiary/aromatic N) is 4. The first-order valence-electron chi connectivity index (χ1n) is 11.0. The molecular formula is C22H27N7O3. The average Bonchev–Trinajstić information content (AvgIpc) is 3.51. The minimum absolute atomic E-state index is 0.0183. The summed E-state index contributed by atoms with van der Waals surface area (Å²) < 4.78 is 7.75. The Kier molecular flexibility index (Phi) is 5.52. The largest absolute Gasteiger partial charge is 0.473 e. The fraction of sp³-hybridized carbons (Fsp3) is 0.455. The standard InChI is InChI=1S/C22H27N7O3/c1-23-19-11-18(28-20-16(12-25-29(19)20)21(31)26-13-4-5-13)27-17-3-2-10-24-22(17)32-15-8-6-14(30)7-9-15/h2-3,10-15,23,30H,4-9H2,1H3,(H,26,31)(H,27,28)/t14-,15-. The van der Waals surface area contributed by atoms with E-state index in [9.17, 15) is 9.90 Å². The van der Waals surface area contributed by atoms with E-state index in [1.165, 1.54) is 0 Å². The number of pyridine rings is 1. The van der Waals surface area contributed by atoms with Crippen LogP contribution in [0.15, 0.2) is 30.6 Å². The van der Waals surface area contributed by atoms with Crippen LogP contribution < -0.4 is 20.7 Å². The van der Waals surface area contributed by atoms with Crippen LogP contribution in [0.2, 0.25) is 0 Å². The number of hydrogen-bond donors (Lipinski definition) is 4. The van der Waals surface area contributed by atoms with Crippen LogP contribution in [0.25, 0.3) is 5.65 Å². The number of carbonyl (C=O) groups excluding carboxylic acids is 1. The molecule has 2 aliphatic carbocycles. The number of ether oxygens (including phenoxy) is 1. The third kappa shape index (κ3) is 4.31. The second-order valence-electron chi connectivity index (χ2n) is 8.35. The van der Waals surface area contributed by atoms with Gasteiger partial charge < -0.3 is 25.8 Å². The lowest BCUT2D eigenvalue weighted by atomic mass is 9.95. The molecule has 0 aromatic carbocycles. The number of hydrogen-bond acceptors (Lipinski definition) is 8. The van der Waals surface area contributed by atoms with Crippen LogP contribution in [0.5, 0.6) is 5.88 Å². The van der Waals surface area contributed by atoms with Crippen LogP contribution in [0.3, 0.4) is 0 Å². The lowest BCUT2D eigenvalue weighted by Crippen LogP contribution is -2.27. The monoisotopic (exact) mass is 437 g/mol. The van der Waals surface area contributed by atoms with Crippen LogP contribution in [-0.2, 0) is 0 Å². The van der Waals surface area contributed by atoms with Crippen molar-refractivity contribution in [2.24, 2.45) is 0 Å². The van der Waals surface area contributed by atoms with Gasteiger partial charge in [-0.15, -0.1) is 0 Å². The molecule has 3 aromatic rings. The molecule has 0 bridgehead atoms. The molecule has 1 amide bonds. The van der Waals surface area contributed by atoms with Gasteiger partial charge in [-0.25, -0.2) is 9.97 Å². The van der Waals surface area contributed by atoms with Gasteiger partial charge in [0.25, 0.3) is 5.91 Å². The zero-order valence-electron chi connectivity index (χ0n) is 17.9. The summed E-state index contributed by atoms with van der Waals surface area (Å²) in [5, 5.41) is 23.5. The number of aromatic nitrogens is 4. The maximum absolute atomic E-state index is 12.6. The van der Waals surface area contributed by atoms with Gasteiger partial charge in [0.15, 0.2) is 5.65 Å². The van der Waals surface area contributed by atoms with Crippen LogP contribution in [-0.4, -0.2) is 55.9 Å². The third-order valence-corrected chi connectivity index (χ3v) is 5.84. The molecule has 10 nitrogen and oxygen atoms in total. The van der Waals surface area contributed by atoms with Crippen molar-refractivity contribution in [2.75, 3.05) is 17.7 Å². The summed E-state index contributed by atoms with van der Waals surface area (Å²) in [5.74, 6) is 1.55. The zero-order chi connectivity index (χ0) is 22.1. The molecule has 2 saturated carbocycles. The van der Waals surface area contributed by atoms with E-state index in [0.717, 1.165) is 38.5 Å². The molecule has 0 saturated heterocycles. The minimum atomic E-state index is -0.242. The van der Waals surface area contributed by atoms with Gasteiger partial charge in [0.2, 0.25) is 5.88 Å². The normalized spacial score (nSPS) is 20.7. The molecule has 5 rings (SSSR count). The molecule has 0 atom stereocenters. The number of amides is 1. The van der Waals surface area contributed by atoms with Crippen molar-refractivity contribution in [1.29, 1.82) is 0 Å². The molecule has 0 spiro atoms. The van der Waals surface area contributed by atoms with Gasteiger partial charge in [-0.1, -0.05) is 0 Å². The van der Waals surface area contributed by atoms with Gasteiger partial charge in [-0.05, 0) is 50.7 Å². The number of anilines is 3. The first-order valence-corrected chi connectivity index (χ1v) is 11.0. The van der Waals surface area contributed by atoms with Gasteiger partial charge in [0.1, 0.15) is 29.0 Å². The molecule has 0 radical (unpaired) electrons. The van der Waals surface area contributed by atoms with E-state index in [4.69, 9.17) is 4.74 Å². The molecule has 4 N–H and O–H groups in total. The summed E-state index contributed by atoms with van der Waals surface area (Å²) in [6.45, 7) is 0. The highest BCUT2D eigenvalue weighted by atomic mass is 16.5. The highest BCUT2D eigenvalue weighted by Gasteiger charge is 2.26. The SMILES string of the molecule is CNc1cc(Nc2cccnc2O[C@H]2CC[C@H](O)CC2)nc2c(C(=O)NC3CC3)cnn12. The van der Waals surface area contributed by atoms with E-state index >= 15 is 0 Å². The lowest BCUT2D eigenvalue weighted by molar-refractivity contribution is 0.0647. The van der Waals surface area contributed by atoms with E-state index in [-0.39, 0.29) is 24.2 Å². The summed E-state index contributed by atoms with van der Waals surface area (Å²) in [4.78, 5) is 21.7. The fourth-order valence-corrected chi connectivity index (χ4v) is 3.89. The Morgan fingerprint density at radius 1 is 1.22 bits per heavy atom. The number of fused-ring (bicyclic) bond motifs is 1. The van der Waals surface area contributed by atoms with E-state index < -0.39 is 0 Å². The molecule has 168 valence electrons. The number of aliphatic hydroxyl groups is 1. The topological polar surface area (TPSA) is 126 Å². The Morgan fingerprint density at radius 2 is 2.03 bits per heavy atom. The van der Waals surface area contributed by atoms with E-state index in [1.54, 1.807) is 24.0 Å². The van der Waals surface area contributed by atoms with E-state index in [0.29, 0.717) is 34.4 Å². The van der Waals surface area contributed by atoms with E-state index in [1.807, 2.05) is 18.2 Å². The smallest absolute Gasteiger partial charge is 0.256 e. The van der Waals surface area contributed by atoms with Crippen molar-refractivity contribution < 1.29 is 14.6 Å². The molecule has 10 heteroatoms. The predicted molar refractivity (Wildman–Crippen MR) is 119 cm³/mol. The summed E-state index contributed by atoms with van der Waals surface area (Å²) in [7, 11) is 1.79. The molecule has 2 aliphatic rings. The van der Waals surface area contributed by atoms with E-state index in [2.05, 4.69) is 31.0 Å². The maximum atomic E-state index is 12.6. The summed E-state index contributed by atoms with van der Waals surface area (Å²) in [5.41, 5.74) is 1.58. The van der Waals surface area contributed by atoms with Crippen molar-refractivity contribution in [3.8, 4) is 5.88 Å².